The molecule has 3 aliphatic heterocycles. The molecule has 1 unspecified atom stereocenters. The van der Waals surface area contributed by atoms with Crippen molar-refractivity contribution in [1.29, 1.82) is 0 Å². The van der Waals surface area contributed by atoms with Gasteiger partial charge >= 0.3 is 0 Å². The Balaban J connectivity index is 0.789. The van der Waals surface area contributed by atoms with Gasteiger partial charge in [-0.25, -0.2) is 4.98 Å². The zero-order chi connectivity index (χ0) is 47.0. The molecule has 3 aromatic carbocycles. The Bertz CT molecular complexity index is 2950. The summed E-state index contributed by atoms with van der Waals surface area (Å²) in [5.41, 5.74) is 6.81. The highest BCUT2D eigenvalue weighted by Crippen LogP contribution is 2.42. The Morgan fingerprint density at radius 1 is 0.940 bits per heavy atom. The third kappa shape index (κ3) is 9.62. The molecule has 5 N–H and O–H groups in total. The lowest BCUT2D eigenvalue weighted by atomic mass is 9.90. The third-order valence-corrected chi connectivity index (χ3v) is 14.6. The number of aromatic amines is 1. The van der Waals surface area contributed by atoms with Crippen LogP contribution in [0.15, 0.2) is 83.9 Å². The zero-order valence-electron chi connectivity index (χ0n) is 37.4. The molecule has 346 valence electrons. The zero-order valence-corrected chi connectivity index (χ0v) is 39.9. The van der Waals surface area contributed by atoms with Gasteiger partial charge in [0.25, 0.3) is 11.8 Å². The number of hydrogen-bond acceptors (Lipinski definition) is 14. The Labute approximate surface area is 395 Å². The van der Waals surface area contributed by atoms with E-state index < -0.39 is 13.1 Å². The normalized spacial score (nSPS) is 16.9. The Kier molecular flexibility index (Phi) is 12.8. The largest absolute Gasteiger partial charge is 0.494 e. The number of H-pyrrole nitrogens is 1. The van der Waals surface area contributed by atoms with Crippen molar-refractivity contribution in [2.75, 3.05) is 80.6 Å². The summed E-state index contributed by atoms with van der Waals surface area (Å²) in [5, 5.41) is 12.5. The molecule has 3 aliphatic rings. The molecule has 9 rings (SSSR count). The Morgan fingerprint density at radius 3 is 2.42 bits per heavy atom. The number of imide groups is 1. The molecule has 0 radical (unpaired) electrons. The lowest BCUT2D eigenvalue weighted by Crippen LogP contribution is -2.64. The summed E-state index contributed by atoms with van der Waals surface area (Å²) in [6.45, 7) is 10.0. The molecule has 20 heteroatoms. The second-order valence-corrected chi connectivity index (χ2v) is 21.2. The molecule has 6 heterocycles. The summed E-state index contributed by atoms with van der Waals surface area (Å²) < 4.78 is 20.1. The van der Waals surface area contributed by atoms with Crippen molar-refractivity contribution in [3.8, 4) is 5.75 Å². The number of anilines is 6. The van der Waals surface area contributed by atoms with Gasteiger partial charge in [-0.3, -0.25) is 39.4 Å². The number of ether oxygens (including phenoxy) is 1. The van der Waals surface area contributed by atoms with Crippen LogP contribution in [0.5, 0.6) is 5.75 Å². The number of likely N-dealkylation sites (tertiary alicyclic amines) is 1. The van der Waals surface area contributed by atoms with E-state index in [-0.39, 0.29) is 36.1 Å². The van der Waals surface area contributed by atoms with Crippen LogP contribution >= 0.6 is 23.1 Å². The molecule has 67 heavy (non-hydrogen) atoms. The van der Waals surface area contributed by atoms with Gasteiger partial charge in [0.15, 0.2) is 0 Å². The van der Waals surface area contributed by atoms with Crippen LogP contribution in [0.25, 0.3) is 11.0 Å². The number of benzene rings is 3. The number of carbonyl (C=O) groups excluding carboxylic acids is 4. The number of hydrogen-bond donors (Lipinski definition) is 5. The molecular formula is C47H50BrN12O6P. The van der Waals surface area contributed by atoms with Gasteiger partial charge in [0.05, 0.1) is 45.3 Å². The molecule has 4 amide bonds. The maximum absolute atomic E-state index is 13.5. The number of fused-ring (bicyclic) bond motifs is 1. The number of piperidine rings is 1. The molecule has 0 aliphatic carbocycles. The van der Waals surface area contributed by atoms with Gasteiger partial charge in [-0.15, -0.1) is 0 Å². The average molecular weight is 990 g/mol. The summed E-state index contributed by atoms with van der Waals surface area (Å²) in [6.07, 6.45) is 7.91. The topological polar surface area (TPSA) is 220 Å². The van der Waals surface area contributed by atoms with E-state index in [0.717, 1.165) is 55.1 Å². The van der Waals surface area contributed by atoms with Crippen LogP contribution in [0.2, 0.25) is 0 Å². The highest BCUT2D eigenvalue weighted by Gasteiger charge is 2.37. The van der Waals surface area contributed by atoms with Gasteiger partial charge in [-0.1, -0.05) is 19.1 Å². The van der Waals surface area contributed by atoms with Crippen molar-refractivity contribution in [2.24, 2.45) is 0 Å². The van der Waals surface area contributed by atoms with Gasteiger partial charge in [0.2, 0.25) is 17.8 Å². The van der Waals surface area contributed by atoms with Crippen molar-refractivity contribution in [3.63, 3.8) is 0 Å². The van der Waals surface area contributed by atoms with E-state index >= 15 is 0 Å². The molecular weight excluding hydrogens is 939 g/mol. The first-order chi connectivity index (χ1) is 32.3. The van der Waals surface area contributed by atoms with E-state index in [4.69, 9.17) is 9.72 Å². The minimum Gasteiger partial charge on any atom is -0.494 e. The van der Waals surface area contributed by atoms with Crippen molar-refractivity contribution < 1.29 is 28.5 Å². The minimum atomic E-state index is -2.80. The molecule has 3 saturated heterocycles. The number of rotatable bonds is 13. The lowest BCUT2D eigenvalue weighted by Gasteiger charge is -2.48. The summed E-state index contributed by atoms with van der Waals surface area (Å²) >= 11 is 3.58. The summed E-state index contributed by atoms with van der Waals surface area (Å²) in [4.78, 5) is 78.1. The van der Waals surface area contributed by atoms with Crippen LogP contribution in [0.4, 0.5) is 34.5 Å². The predicted molar refractivity (Wildman–Crippen MR) is 261 cm³/mol. The van der Waals surface area contributed by atoms with Crippen LogP contribution in [-0.4, -0.2) is 124 Å². The summed E-state index contributed by atoms with van der Waals surface area (Å²) in [5.74, 6) is -0.0478. The van der Waals surface area contributed by atoms with Gasteiger partial charge in [-0.05, 0) is 89.6 Å². The Morgan fingerprint density at radius 2 is 1.70 bits per heavy atom. The van der Waals surface area contributed by atoms with E-state index in [9.17, 15) is 23.7 Å². The van der Waals surface area contributed by atoms with Crippen LogP contribution in [-0.2, 0) is 20.6 Å². The highest BCUT2D eigenvalue weighted by atomic mass is 79.9. The number of nitrogens with zero attached hydrogens (tertiary/aromatic N) is 7. The first-order valence-corrected chi connectivity index (χ1v) is 25.4. The third-order valence-electron chi connectivity index (χ3n) is 12.5. The number of halogens is 1. The van der Waals surface area contributed by atoms with Gasteiger partial charge < -0.3 is 40.0 Å². The Hall–Kier alpha value is -6.69. The van der Waals surface area contributed by atoms with E-state index in [2.05, 4.69) is 86.0 Å². The van der Waals surface area contributed by atoms with Crippen molar-refractivity contribution in [3.05, 3.63) is 106 Å². The number of nitrogens with one attached hydrogen (secondary N) is 5. The van der Waals surface area contributed by atoms with Gasteiger partial charge in [-0.2, -0.15) is 4.98 Å². The van der Waals surface area contributed by atoms with Crippen molar-refractivity contribution in [1.82, 2.24) is 40.0 Å². The molecule has 18 nitrogen and oxygen atoms in total. The number of aryl methyl sites for hydroxylation is 1. The van der Waals surface area contributed by atoms with Crippen molar-refractivity contribution >= 4 is 97.6 Å². The van der Waals surface area contributed by atoms with Crippen LogP contribution in [0, 0.1) is 0 Å². The number of carbonyl (C=O) groups is 4. The number of piperazine rings is 1. The standard InChI is InChI=1S/C47H50BrN12O6P/c1-5-27-20-36(55-47-52-24-33(48)43(57-47)54-35-12-11-34-41(50-15-14-49-34)42(35)67(3,4)65)39(66-2)22-38(27)59-18-16-58(17-19-59)31-25-60(26-31)46(64)37-21-29(23-51-37)44(62)53-30-8-6-28(7-9-30)32-10-13-40(61)56-45(32)63/h6-9,11-12,14-15,20-24,31-32,51H,5,10,13,16-19,25-26H2,1-4H3,(H,53,62)(H,56,61,63)(H2,52,54,55,57). The fourth-order valence-electron chi connectivity index (χ4n) is 8.90. The monoisotopic (exact) mass is 988 g/mol. The lowest BCUT2D eigenvalue weighted by molar-refractivity contribution is -0.134. The minimum absolute atomic E-state index is 0.157. The number of aromatic nitrogens is 5. The van der Waals surface area contributed by atoms with Crippen molar-refractivity contribution in [2.45, 2.75) is 38.1 Å². The molecule has 3 aromatic heterocycles. The number of amides is 4. The SMILES string of the molecule is CCc1cc(Nc2ncc(Br)c(Nc3ccc4nccnc4c3P(C)(C)=O)n2)c(OC)cc1N1CCN(C2CN(C(=O)c3cc(C(=O)Nc4ccc(C5CCC(=O)NC5=O)cc4)c[nH]3)C2)CC1. The van der Waals surface area contributed by atoms with E-state index in [0.29, 0.717) is 80.5 Å². The highest BCUT2D eigenvalue weighted by molar-refractivity contribution is 9.10. The van der Waals surface area contributed by atoms with Crippen LogP contribution < -0.4 is 36.2 Å². The molecule has 6 aromatic rings. The fraction of sp³-hybridized carbons (Fsp3) is 0.319. The maximum Gasteiger partial charge on any atom is 0.270 e. The van der Waals surface area contributed by atoms with E-state index in [1.807, 2.05) is 12.1 Å². The quantitative estimate of drug-likeness (QED) is 0.0640. The first kappa shape index (κ1) is 45.5. The molecule has 1 atom stereocenters. The first-order valence-electron chi connectivity index (χ1n) is 22.0. The smallest absolute Gasteiger partial charge is 0.270 e. The molecule has 0 spiro atoms. The molecule has 0 bridgehead atoms. The maximum atomic E-state index is 13.5. The molecule has 3 fully saturated rings. The second kappa shape index (κ2) is 18.9. The van der Waals surface area contributed by atoms with Gasteiger partial charge in [0.1, 0.15) is 29.9 Å². The second-order valence-electron chi connectivity index (χ2n) is 17.2. The van der Waals surface area contributed by atoms with Crippen LogP contribution in [0.3, 0.4) is 0 Å². The summed E-state index contributed by atoms with van der Waals surface area (Å²) in [6, 6.07) is 16.6. The fourth-order valence-corrected chi connectivity index (χ4v) is 10.6. The predicted octanol–water partition coefficient (Wildman–Crippen LogP) is 6.24. The van der Waals surface area contributed by atoms with Crippen LogP contribution in [0.1, 0.15) is 57.7 Å². The van der Waals surface area contributed by atoms with Gasteiger partial charge in [0, 0.05) is 94.0 Å². The average Bonchev–Trinajstić information content (AvgIpc) is 3.81. The molecule has 0 saturated carbocycles. The number of methoxy groups -OCH3 is 1. The van der Waals surface area contributed by atoms with E-state index in [1.54, 1.807) is 74.3 Å². The van der Waals surface area contributed by atoms with E-state index in [1.165, 1.54) is 6.20 Å². The summed E-state index contributed by atoms with van der Waals surface area (Å²) in [7, 11) is -1.16.